The van der Waals surface area contributed by atoms with Gasteiger partial charge in [0.1, 0.15) is 0 Å². The fourth-order valence-corrected chi connectivity index (χ4v) is 2.11. The van der Waals surface area contributed by atoms with E-state index in [2.05, 4.69) is 26.1 Å². The van der Waals surface area contributed by atoms with Gasteiger partial charge in [0.15, 0.2) is 5.82 Å². The van der Waals surface area contributed by atoms with Gasteiger partial charge in [-0.25, -0.2) is 0 Å². The topological polar surface area (TPSA) is 64.9 Å². The molecule has 0 saturated heterocycles. The van der Waals surface area contributed by atoms with E-state index >= 15 is 0 Å². The second-order valence-electron chi connectivity index (χ2n) is 3.18. The Bertz CT molecular complexity index is 501. The molecule has 0 aliphatic rings. The number of halogens is 2. The van der Waals surface area contributed by atoms with Gasteiger partial charge < -0.3 is 10.3 Å². The predicted molar refractivity (Wildman–Crippen MR) is 65.2 cm³/mol. The lowest BCUT2D eigenvalue weighted by Gasteiger charge is -1.98. The Balaban J connectivity index is 2.35. The van der Waals surface area contributed by atoms with Gasteiger partial charge in [-0.05, 0) is 40.7 Å². The van der Waals surface area contributed by atoms with Gasteiger partial charge in [-0.3, -0.25) is 0 Å². The summed E-state index contributed by atoms with van der Waals surface area (Å²) in [6, 6.07) is 5.38. The minimum Gasteiger partial charge on any atom is -0.334 e. The molecule has 0 aliphatic heterocycles. The highest BCUT2D eigenvalue weighted by Gasteiger charge is 2.11. The van der Waals surface area contributed by atoms with E-state index in [0.29, 0.717) is 29.7 Å². The van der Waals surface area contributed by atoms with Crippen LogP contribution in [0.5, 0.6) is 0 Å². The van der Waals surface area contributed by atoms with Crippen LogP contribution in [0.2, 0.25) is 5.02 Å². The fraction of sp³-hybridized carbons (Fsp3) is 0.200. The average molecular weight is 303 g/mol. The first-order chi connectivity index (χ1) is 7.70. The maximum absolute atomic E-state index is 5.85. The Morgan fingerprint density at radius 1 is 1.44 bits per heavy atom. The zero-order chi connectivity index (χ0) is 11.5. The third kappa shape index (κ3) is 2.42. The fourth-order valence-electron chi connectivity index (χ4n) is 1.26. The van der Waals surface area contributed by atoms with Gasteiger partial charge in [0, 0.05) is 15.9 Å². The molecule has 0 bridgehead atoms. The first kappa shape index (κ1) is 11.6. The summed E-state index contributed by atoms with van der Waals surface area (Å²) in [5.74, 6) is 1.08. The highest BCUT2D eigenvalue weighted by atomic mass is 79.9. The van der Waals surface area contributed by atoms with E-state index in [1.165, 1.54) is 0 Å². The van der Waals surface area contributed by atoms with E-state index in [9.17, 15) is 0 Å². The molecule has 2 rings (SSSR count). The molecule has 2 aromatic rings. The number of nitrogens with zero attached hydrogens (tertiary/aromatic N) is 2. The average Bonchev–Trinajstić information content (AvgIpc) is 2.67. The first-order valence-electron chi connectivity index (χ1n) is 4.69. The summed E-state index contributed by atoms with van der Waals surface area (Å²) < 4.78 is 5.96. The summed E-state index contributed by atoms with van der Waals surface area (Å²) in [6.07, 6.45) is 0.606. The molecule has 84 valence electrons. The zero-order valence-corrected chi connectivity index (χ0v) is 10.6. The SMILES string of the molecule is NCCc1noc(-c2ccc(Cl)cc2Br)n1. The maximum Gasteiger partial charge on any atom is 0.259 e. The molecule has 6 heteroatoms. The van der Waals surface area contributed by atoms with Gasteiger partial charge in [0.25, 0.3) is 5.89 Å². The van der Waals surface area contributed by atoms with Crippen LogP contribution in [0.4, 0.5) is 0 Å². The van der Waals surface area contributed by atoms with Crippen molar-refractivity contribution < 1.29 is 4.52 Å². The van der Waals surface area contributed by atoms with E-state index in [0.717, 1.165) is 10.0 Å². The molecule has 4 nitrogen and oxygen atoms in total. The van der Waals surface area contributed by atoms with Gasteiger partial charge in [0.05, 0.1) is 5.56 Å². The van der Waals surface area contributed by atoms with Crippen LogP contribution in [0.15, 0.2) is 27.2 Å². The number of hydrogen-bond acceptors (Lipinski definition) is 4. The molecule has 0 amide bonds. The van der Waals surface area contributed by atoms with Crippen LogP contribution >= 0.6 is 27.5 Å². The molecule has 0 spiro atoms. The Kier molecular flexibility index (Phi) is 3.58. The van der Waals surface area contributed by atoms with Crippen LogP contribution in [-0.4, -0.2) is 16.7 Å². The van der Waals surface area contributed by atoms with E-state index in [4.69, 9.17) is 21.9 Å². The molecule has 1 aromatic heterocycles. The van der Waals surface area contributed by atoms with Crippen molar-refractivity contribution in [2.24, 2.45) is 5.73 Å². The smallest absolute Gasteiger partial charge is 0.259 e. The van der Waals surface area contributed by atoms with Crippen LogP contribution in [0.3, 0.4) is 0 Å². The van der Waals surface area contributed by atoms with E-state index in [1.54, 1.807) is 12.1 Å². The van der Waals surface area contributed by atoms with E-state index < -0.39 is 0 Å². The van der Waals surface area contributed by atoms with Gasteiger partial charge >= 0.3 is 0 Å². The summed E-state index contributed by atoms with van der Waals surface area (Å²) >= 11 is 9.24. The molecule has 2 N–H and O–H groups in total. The van der Waals surface area contributed by atoms with Crippen molar-refractivity contribution >= 4 is 27.5 Å². The normalized spacial score (nSPS) is 10.7. The lowest BCUT2D eigenvalue weighted by Crippen LogP contribution is -2.03. The van der Waals surface area contributed by atoms with Gasteiger partial charge in [-0.2, -0.15) is 4.98 Å². The van der Waals surface area contributed by atoms with Crippen molar-refractivity contribution in [3.8, 4) is 11.5 Å². The summed E-state index contributed by atoms with van der Waals surface area (Å²) in [4.78, 5) is 4.23. The monoisotopic (exact) mass is 301 g/mol. The summed E-state index contributed by atoms with van der Waals surface area (Å²) in [5.41, 5.74) is 6.23. The molecule has 1 heterocycles. The molecule has 16 heavy (non-hydrogen) atoms. The highest BCUT2D eigenvalue weighted by molar-refractivity contribution is 9.10. The molecule has 0 radical (unpaired) electrons. The van der Waals surface area contributed by atoms with Crippen molar-refractivity contribution in [2.45, 2.75) is 6.42 Å². The molecular weight excluding hydrogens is 293 g/mol. The largest absolute Gasteiger partial charge is 0.334 e. The molecule has 0 aliphatic carbocycles. The lowest BCUT2D eigenvalue weighted by molar-refractivity contribution is 0.422. The van der Waals surface area contributed by atoms with Gasteiger partial charge in [0.2, 0.25) is 0 Å². The Labute approximate surface area is 106 Å². The molecule has 0 saturated carbocycles. The van der Waals surface area contributed by atoms with E-state index in [-0.39, 0.29) is 0 Å². The second kappa shape index (κ2) is 4.95. The quantitative estimate of drug-likeness (QED) is 0.946. The van der Waals surface area contributed by atoms with Crippen molar-refractivity contribution in [2.75, 3.05) is 6.54 Å². The Morgan fingerprint density at radius 2 is 2.25 bits per heavy atom. The summed E-state index contributed by atoms with van der Waals surface area (Å²) in [6.45, 7) is 0.501. The first-order valence-corrected chi connectivity index (χ1v) is 5.86. The number of rotatable bonds is 3. The third-order valence-electron chi connectivity index (χ3n) is 2.00. The van der Waals surface area contributed by atoms with Crippen molar-refractivity contribution in [3.63, 3.8) is 0 Å². The molecular formula is C10H9BrClN3O. The van der Waals surface area contributed by atoms with Gasteiger partial charge in [-0.15, -0.1) is 0 Å². The zero-order valence-electron chi connectivity index (χ0n) is 8.28. The Hall–Kier alpha value is -0.910. The number of hydrogen-bond donors (Lipinski definition) is 1. The summed E-state index contributed by atoms with van der Waals surface area (Å²) in [7, 11) is 0. The van der Waals surface area contributed by atoms with Crippen LogP contribution in [-0.2, 0) is 6.42 Å². The maximum atomic E-state index is 5.85. The molecule has 0 atom stereocenters. The van der Waals surface area contributed by atoms with Gasteiger partial charge in [-0.1, -0.05) is 16.8 Å². The lowest BCUT2D eigenvalue weighted by atomic mass is 10.2. The van der Waals surface area contributed by atoms with Crippen molar-refractivity contribution in [1.82, 2.24) is 10.1 Å². The second-order valence-corrected chi connectivity index (χ2v) is 4.47. The molecule has 0 fully saturated rings. The summed E-state index contributed by atoms with van der Waals surface area (Å²) in [5, 5.41) is 4.48. The minimum atomic E-state index is 0.465. The number of benzene rings is 1. The van der Waals surface area contributed by atoms with Crippen molar-refractivity contribution in [1.29, 1.82) is 0 Å². The minimum absolute atomic E-state index is 0.465. The van der Waals surface area contributed by atoms with Crippen LogP contribution in [0, 0.1) is 0 Å². The number of aromatic nitrogens is 2. The van der Waals surface area contributed by atoms with Crippen LogP contribution in [0.25, 0.3) is 11.5 Å². The molecule has 1 aromatic carbocycles. The van der Waals surface area contributed by atoms with Crippen LogP contribution in [0.1, 0.15) is 5.82 Å². The molecule has 0 unspecified atom stereocenters. The number of nitrogens with two attached hydrogens (primary N) is 1. The predicted octanol–water partition coefficient (Wildman–Crippen LogP) is 2.65. The third-order valence-corrected chi connectivity index (χ3v) is 2.89. The Morgan fingerprint density at radius 3 is 2.94 bits per heavy atom. The standard InChI is InChI=1S/C10H9BrClN3O/c11-8-5-6(12)1-2-7(8)10-14-9(3-4-13)15-16-10/h1-2,5H,3-4,13H2. The van der Waals surface area contributed by atoms with Crippen LogP contribution < -0.4 is 5.73 Å². The highest BCUT2D eigenvalue weighted by Crippen LogP contribution is 2.29. The van der Waals surface area contributed by atoms with E-state index in [1.807, 2.05) is 6.07 Å². The van der Waals surface area contributed by atoms with Crippen molar-refractivity contribution in [3.05, 3.63) is 33.5 Å².